The summed E-state index contributed by atoms with van der Waals surface area (Å²) in [7, 11) is 0. The summed E-state index contributed by atoms with van der Waals surface area (Å²) in [4.78, 5) is 13.2. The van der Waals surface area contributed by atoms with Crippen molar-refractivity contribution in [3.8, 4) is 0 Å². The van der Waals surface area contributed by atoms with Crippen LogP contribution in [0.15, 0.2) is 46.3 Å². The first kappa shape index (κ1) is 12.9. The van der Waals surface area contributed by atoms with Gasteiger partial charge in [-0.05, 0) is 39.9 Å². The second-order valence-corrected chi connectivity index (χ2v) is 6.72. The van der Waals surface area contributed by atoms with Gasteiger partial charge in [0, 0.05) is 20.6 Å². The van der Waals surface area contributed by atoms with Crippen LogP contribution in [0.5, 0.6) is 0 Å². The molecule has 1 fully saturated rings. The van der Waals surface area contributed by atoms with E-state index in [4.69, 9.17) is 0 Å². The number of benzene rings is 1. The van der Waals surface area contributed by atoms with Gasteiger partial charge in [0.25, 0.3) is 0 Å². The van der Waals surface area contributed by atoms with E-state index in [-0.39, 0.29) is 11.8 Å². The average molecular weight is 336 g/mol. The number of nitrogens with one attached hydrogen (secondary N) is 1. The molecule has 1 aromatic heterocycles. The number of carbonyl (C=O) groups excluding carboxylic acids is 1. The monoisotopic (exact) mass is 335 g/mol. The van der Waals surface area contributed by atoms with Crippen LogP contribution in [0, 0.1) is 5.92 Å². The van der Waals surface area contributed by atoms with Gasteiger partial charge in [-0.15, -0.1) is 11.3 Å². The van der Waals surface area contributed by atoms with E-state index in [9.17, 15) is 4.79 Å². The van der Waals surface area contributed by atoms with Gasteiger partial charge >= 0.3 is 0 Å². The van der Waals surface area contributed by atoms with Gasteiger partial charge in [0.2, 0.25) is 5.91 Å². The van der Waals surface area contributed by atoms with Crippen molar-refractivity contribution < 1.29 is 4.79 Å². The van der Waals surface area contributed by atoms with Gasteiger partial charge in [-0.2, -0.15) is 0 Å². The minimum absolute atomic E-state index is 0.158. The van der Waals surface area contributed by atoms with Crippen molar-refractivity contribution in [1.82, 2.24) is 5.32 Å². The summed E-state index contributed by atoms with van der Waals surface area (Å²) in [6.07, 6.45) is 0.976. The number of hydrogen-bond acceptors (Lipinski definition) is 2. The normalized spacial score (nSPS) is 21.1. The molecule has 19 heavy (non-hydrogen) atoms. The van der Waals surface area contributed by atoms with Crippen molar-refractivity contribution in [3.05, 3.63) is 56.7 Å². The predicted octanol–water partition coefficient (Wildman–Crippen LogP) is 3.93. The molecule has 3 rings (SSSR count). The van der Waals surface area contributed by atoms with Gasteiger partial charge in [-0.25, -0.2) is 0 Å². The number of amides is 1. The summed E-state index contributed by atoms with van der Waals surface area (Å²) in [6, 6.07) is 12.3. The Balaban J connectivity index is 1.53. The maximum Gasteiger partial charge on any atom is 0.224 e. The van der Waals surface area contributed by atoms with Gasteiger partial charge in [-0.1, -0.05) is 30.3 Å². The van der Waals surface area contributed by atoms with Crippen molar-refractivity contribution in [2.75, 3.05) is 0 Å². The number of halogens is 1. The molecule has 0 bridgehead atoms. The van der Waals surface area contributed by atoms with Crippen molar-refractivity contribution in [1.29, 1.82) is 0 Å². The van der Waals surface area contributed by atoms with Crippen LogP contribution in [0.2, 0.25) is 0 Å². The molecule has 1 aliphatic rings. The molecule has 2 atom stereocenters. The molecule has 1 aliphatic carbocycles. The second-order valence-electron chi connectivity index (χ2n) is 4.81. The van der Waals surface area contributed by atoms with E-state index < -0.39 is 0 Å². The van der Waals surface area contributed by atoms with Crippen molar-refractivity contribution >= 4 is 33.2 Å². The first-order valence-electron chi connectivity index (χ1n) is 6.29. The van der Waals surface area contributed by atoms with Crippen LogP contribution in [0.25, 0.3) is 0 Å². The third-order valence-electron chi connectivity index (χ3n) is 3.41. The fourth-order valence-corrected chi connectivity index (χ4v) is 3.70. The first-order chi connectivity index (χ1) is 9.24. The number of rotatable bonds is 4. The quantitative estimate of drug-likeness (QED) is 0.901. The highest BCUT2D eigenvalue weighted by Crippen LogP contribution is 2.47. The smallest absolute Gasteiger partial charge is 0.224 e. The highest BCUT2D eigenvalue weighted by atomic mass is 79.9. The Morgan fingerprint density at radius 3 is 2.84 bits per heavy atom. The molecule has 1 amide bonds. The lowest BCUT2D eigenvalue weighted by molar-refractivity contribution is -0.122. The molecule has 1 heterocycles. The lowest BCUT2D eigenvalue weighted by Gasteiger charge is -2.03. The standard InChI is InChI=1S/C15H14BrNOS/c16-11-6-12(19-9-11)8-17-15(18)14-7-13(14)10-4-2-1-3-5-10/h1-6,9,13-14H,7-8H2,(H,17,18). The summed E-state index contributed by atoms with van der Waals surface area (Å²) in [5.74, 6) is 0.750. The Bertz CT molecular complexity index is 581. The average Bonchev–Trinajstić information content (AvgIpc) is 3.14. The Labute approximate surface area is 125 Å². The van der Waals surface area contributed by atoms with Gasteiger partial charge in [0.15, 0.2) is 0 Å². The number of hydrogen-bond donors (Lipinski definition) is 1. The van der Waals surface area contributed by atoms with Gasteiger partial charge in [0.05, 0.1) is 6.54 Å². The summed E-state index contributed by atoms with van der Waals surface area (Å²) in [5.41, 5.74) is 1.28. The zero-order chi connectivity index (χ0) is 13.2. The van der Waals surface area contributed by atoms with E-state index in [1.165, 1.54) is 10.4 Å². The SMILES string of the molecule is O=C(NCc1cc(Br)cs1)C1CC1c1ccccc1. The molecule has 0 radical (unpaired) electrons. The van der Waals surface area contributed by atoms with E-state index >= 15 is 0 Å². The molecule has 1 N–H and O–H groups in total. The molecular weight excluding hydrogens is 322 g/mol. The predicted molar refractivity (Wildman–Crippen MR) is 81.2 cm³/mol. The van der Waals surface area contributed by atoms with Gasteiger partial charge in [0.1, 0.15) is 0 Å². The minimum atomic E-state index is 0.158. The van der Waals surface area contributed by atoms with E-state index in [1.807, 2.05) is 29.6 Å². The molecule has 1 saturated carbocycles. The van der Waals surface area contributed by atoms with Gasteiger partial charge < -0.3 is 5.32 Å². The van der Waals surface area contributed by atoms with E-state index in [1.54, 1.807) is 11.3 Å². The minimum Gasteiger partial charge on any atom is -0.351 e. The molecular formula is C15H14BrNOS. The summed E-state index contributed by atoms with van der Waals surface area (Å²) in [5, 5.41) is 5.06. The number of carbonyl (C=O) groups is 1. The largest absolute Gasteiger partial charge is 0.351 e. The van der Waals surface area contributed by atoms with Crippen molar-refractivity contribution in [2.24, 2.45) is 5.92 Å². The van der Waals surface area contributed by atoms with Crippen LogP contribution in [-0.4, -0.2) is 5.91 Å². The molecule has 2 aromatic rings. The summed E-state index contributed by atoms with van der Waals surface area (Å²) in [6.45, 7) is 0.632. The van der Waals surface area contributed by atoms with Crippen LogP contribution in [0.3, 0.4) is 0 Å². The van der Waals surface area contributed by atoms with Crippen LogP contribution in [0.1, 0.15) is 22.8 Å². The van der Waals surface area contributed by atoms with Crippen LogP contribution in [0.4, 0.5) is 0 Å². The zero-order valence-electron chi connectivity index (χ0n) is 10.3. The highest BCUT2D eigenvalue weighted by molar-refractivity contribution is 9.10. The summed E-state index contributed by atoms with van der Waals surface area (Å²) >= 11 is 5.08. The third kappa shape index (κ3) is 3.07. The molecule has 0 aliphatic heterocycles. The fourth-order valence-electron chi connectivity index (χ4n) is 2.31. The van der Waals surface area contributed by atoms with Crippen molar-refractivity contribution in [3.63, 3.8) is 0 Å². The van der Waals surface area contributed by atoms with E-state index in [2.05, 4.69) is 33.4 Å². The Kier molecular flexibility index (Phi) is 3.71. The lowest BCUT2D eigenvalue weighted by atomic mass is 10.1. The molecule has 4 heteroatoms. The highest BCUT2D eigenvalue weighted by Gasteiger charge is 2.43. The number of thiophene rings is 1. The summed E-state index contributed by atoms with van der Waals surface area (Å²) < 4.78 is 1.08. The molecule has 98 valence electrons. The molecule has 1 aromatic carbocycles. The molecule has 2 nitrogen and oxygen atoms in total. The van der Waals surface area contributed by atoms with Gasteiger partial charge in [-0.3, -0.25) is 4.79 Å². The zero-order valence-corrected chi connectivity index (χ0v) is 12.7. The third-order valence-corrected chi connectivity index (χ3v) is 5.11. The Morgan fingerprint density at radius 2 is 2.16 bits per heavy atom. The van der Waals surface area contributed by atoms with Crippen LogP contribution in [-0.2, 0) is 11.3 Å². The Morgan fingerprint density at radius 1 is 1.37 bits per heavy atom. The first-order valence-corrected chi connectivity index (χ1v) is 7.97. The maximum atomic E-state index is 12.1. The fraction of sp³-hybridized carbons (Fsp3) is 0.267. The Hall–Kier alpha value is -1.13. The second kappa shape index (κ2) is 5.47. The van der Waals surface area contributed by atoms with Crippen LogP contribution >= 0.6 is 27.3 Å². The molecule has 0 saturated heterocycles. The molecule has 0 spiro atoms. The lowest BCUT2D eigenvalue weighted by Crippen LogP contribution is -2.24. The van der Waals surface area contributed by atoms with E-state index in [0.717, 1.165) is 10.9 Å². The topological polar surface area (TPSA) is 29.1 Å². The molecule has 2 unspecified atom stereocenters. The van der Waals surface area contributed by atoms with E-state index in [0.29, 0.717) is 12.5 Å². The maximum absolute atomic E-state index is 12.1. The van der Waals surface area contributed by atoms with Crippen molar-refractivity contribution in [2.45, 2.75) is 18.9 Å². The van der Waals surface area contributed by atoms with Crippen LogP contribution < -0.4 is 5.32 Å².